The topological polar surface area (TPSA) is 46.5 Å². The first-order valence-corrected chi connectivity index (χ1v) is 10.8. The molecule has 0 aliphatic heterocycles. The van der Waals surface area contributed by atoms with Crippen LogP contribution in [-0.4, -0.2) is 23.1 Å². The van der Waals surface area contributed by atoms with E-state index in [1.165, 1.54) is 0 Å². The third kappa shape index (κ3) is 5.35. The molecule has 3 heteroatoms. The first kappa shape index (κ1) is 20.9. The number of hydrogen-bond donors (Lipinski definition) is 1. The number of ketones is 1. The summed E-state index contributed by atoms with van der Waals surface area (Å²) < 4.78 is 5.94. The highest BCUT2D eigenvalue weighted by Gasteiger charge is 2.42. The van der Waals surface area contributed by atoms with Crippen LogP contribution in [0.15, 0.2) is 48.6 Å². The van der Waals surface area contributed by atoms with Crippen molar-refractivity contribution < 1.29 is 14.6 Å². The maximum atomic E-state index is 13.1. The minimum Gasteiger partial charge on any atom is -0.493 e. The van der Waals surface area contributed by atoms with E-state index in [4.69, 9.17) is 4.74 Å². The van der Waals surface area contributed by atoms with E-state index in [-0.39, 0.29) is 5.78 Å². The van der Waals surface area contributed by atoms with Crippen molar-refractivity contribution in [1.82, 2.24) is 0 Å². The Bertz CT molecular complexity index is 693. The molecule has 0 spiro atoms. The summed E-state index contributed by atoms with van der Waals surface area (Å²) in [5.41, 5.74) is 0.00846. The average Bonchev–Trinajstić information content (AvgIpc) is 2.68. The van der Waals surface area contributed by atoms with Crippen LogP contribution in [0.5, 0.6) is 5.75 Å². The molecular weight excluding hydrogens is 348 g/mol. The first-order valence-electron chi connectivity index (χ1n) is 10.8. The van der Waals surface area contributed by atoms with Gasteiger partial charge in [0, 0.05) is 12.3 Å². The highest BCUT2D eigenvalue weighted by atomic mass is 16.5. The van der Waals surface area contributed by atoms with Crippen molar-refractivity contribution in [3.8, 4) is 5.75 Å². The molecule has 0 amide bonds. The molecule has 0 radical (unpaired) electrons. The number of benzene rings is 1. The molecule has 3 nitrogen and oxygen atoms in total. The van der Waals surface area contributed by atoms with Gasteiger partial charge in [-0.25, -0.2) is 0 Å². The van der Waals surface area contributed by atoms with Gasteiger partial charge in [0.2, 0.25) is 0 Å². The second-order valence-corrected chi connectivity index (χ2v) is 8.85. The number of rotatable bonds is 8. The molecule has 1 fully saturated rings. The van der Waals surface area contributed by atoms with Gasteiger partial charge in [0.15, 0.2) is 0 Å². The van der Waals surface area contributed by atoms with E-state index in [0.29, 0.717) is 37.7 Å². The van der Waals surface area contributed by atoms with Crippen LogP contribution in [0, 0.1) is 11.8 Å². The summed E-state index contributed by atoms with van der Waals surface area (Å²) in [5.74, 6) is 1.25. The molecule has 2 aliphatic carbocycles. The molecule has 0 aromatic heterocycles. The molecule has 1 aromatic rings. The lowest BCUT2D eigenvalue weighted by Gasteiger charge is -2.39. The molecule has 2 unspecified atom stereocenters. The van der Waals surface area contributed by atoms with Crippen LogP contribution >= 0.6 is 0 Å². The number of carbonyl (C=O) groups is 1. The predicted octanol–water partition coefficient (Wildman–Crippen LogP) is 5.59. The zero-order valence-corrected chi connectivity index (χ0v) is 17.3. The Morgan fingerprint density at radius 1 is 1.14 bits per heavy atom. The minimum absolute atomic E-state index is 0.159. The van der Waals surface area contributed by atoms with Crippen molar-refractivity contribution in [1.29, 1.82) is 0 Å². The van der Waals surface area contributed by atoms with E-state index >= 15 is 0 Å². The summed E-state index contributed by atoms with van der Waals surface area (Å²) in [6.45, 7) is 4.78. The minimum atomic E-state index is -0.911. The number of allylic oxidation sites excluding steroid dienone is 3. The van der Waals surface area contributed by atoms with E-state index < -0.39 is 11.5 Å². The Kier molecular flexibility index (Phi) is 7.12. The van der Waals surface area contributed by atoms with Crippen LogP contribution in [-0.2, 0) is 4.79 Å². The second-order valence-electron chi connectivity index (χ2n) is 8.85. The fraction of sp³-hybridized carbons (Fsp3) is 0.560. The molecule has 1 saturated carbocycles. The Labute approximate surface area is 169 Å². The zero-order chi connectivity index (χ0) is 20.0. The van der Waals surface area contributed by atoms with Gasteiger partial charge in [-0.05, 0) is 42.9 Å². The van der Waals surface area contributed by atoms with E-state index in [2.05, 4.69) is 38.2 Å². The average molecular weight is 383 g/mol. The van der Waals surface area contributed by atoms with Gasteiger partial charge < -0.3 is 9.84 Å². The van der Waals surface area contributed by atoms with Crippen molar-refractivity contribution in [2.24, 2.45) is 11.8 Å². The number of carbonyl (C=O) groups excluding carboxylic acids is 1. The fourth-order valence-corrected chi connectivity index (χ4v) is 4.48. The molecule has 3 rings (SSSR count). The first-order chi connectivity index (χ1) is 13.5. The molecule has 28 heavy (non-hydrogen) atoms. The normalized spacial score (nSPS) is 22.2. The van der Waals surface area contributed by atoms with Crippen molar-refractivity contribution in [3.63, 3.8) is 0 Å². The summed E-state index contributed by atoms with van der Waals surface area (Å²) in [7, 11) is 0. The lowest BCUT2D eigenvalue weighted by atomic mass is 9.70. The zero-order valence-electron chi connectivity index (χ0n) is 17.3. The van der Waals surface area contributed by atoms with Gasteiger partial charge in [-0.1, -0.05) is 69.5 Å². The number of ether oxygens (including phenoxy) is 1. The molecular formula is C25H34O3. The van der Waals surface area contributed by atoms with Crippen LogP contribution in [0.4, 0.5) is 0 Å². The van der Waals surface area contributed by atoms with Crippen LogP contribution in [0.3, 0.4) is 0 Å². The van der Waals surface area contributed by atoms with Crippen molar-refractivity contribution in [2.45, 2.75) is 70.3 Å². The molecule has 2 atom stereocenters. The lowest BCUT2D eigenvalue weighted by Crippen LogP contribution is -2.42. The van der Waals surface area contributed by atoms with E-state index in [9.17, 15) is 9.90 Å². The molecule has 1 N–H and O–H groups in total. The van der Waals surface area contributed by atoms with Gasteiger partial charge in [0.25, 0.3) is 0 Å². The van der Waals surface area contributed by atoms with Gasteiger partial charge in [-0.2, -0.15) is 0 Å². The van der Waals surface area contributed by atoms with Gasteiger partial charge in [0.1, 0.15) is 11.5 Å². The van der Waals surface area contributed by atoms with E-state index in [1.54, 1.807) is 0 Å². The Morgan fingerprint density at radius 2 is 1.86 bits per heavy atom. The number of Topliss-reactive ketones (excluding diaryl/α,β-unsaturated/α-hetero) is 1. The second kappa shape index (κ2) is 9.56. The van der Waals surface area contributed by atoms with Gasteiger partial charge in [-0.3, -0.25) is 4.79 Å². The smallest absolute Gasteiger partial charge is 0.143 e. The Hall–Kier alpha value is -1.87. The van der Waals surface area contributed by atoms with E-state index in [0.717, 1.165) is 37.0 Å². The highest BCUT2D eigenvalue weighted by Crippen LogP contribution is 2.41. The van der Waals surface area contributed by atoms with Crippen molar-refractivity contribution in [3.05, 3.63) is 54.1 Å². The van der Waals surface area contributed by atoms with Crippen LogP contribution < -0.4 is 4.74 Å². The quantitative estimate of drug-likeness (QED) is 0.637. The number of aliphatic hydroxyl groups is 1. The summed E-state index contributed by atoms with van der Waals surface area (Å²) in [4.78, 5) is 13.1. The SMILES string of the molecule is CC(C)CC(=O)C(c1ccc(OCC2C=CC=CC2)cc1)C1(O)CCCCC1. The van der Waals surface area contributed by atoms with Crippen molar-refractivity contribution >= 4 is 5.78 Å². The summed E-state index contributed by atoms with van der Waals surface area (Å²) in [6, 6.07) is 7.84. The lowest BCUT2D eigenvalue weighted by molar-refractivity contribution is -0.129. The molecule has 0 saturated heterocycles. The Balaban J connectivity index is 1.73. The molecule has 2 aliphatic rings. The van der Waals surface area contributed by atoms with Crippen LogP contribution in [0.1, 0.15) is 70.3 Å². The standard InChI is InChI=1S/C25H34O3/c1-19(2)17-23(26)24(25(27)15-7-4-8-16-25)21-11-13-22(14-12-21)28-18-20-9-5-3-6-10-20/h3,5-6,9,11-14,19-20,24,27H,4,7-8,10,15-18H2,1-2H3. The molecule has 1 aromatic carbocycles. The van der Waals surface area contributed by atoms with Gasteiger partial charge in [-0.15, -0.1) is 0 Å². The monoisotopic (exact) mass is 382 g/mol. The van der Waals surface area contributed by atoms with E-state index in [1.807, 2.05) is 24.3 Å². The third-order valence-electron chi connectivity index (χ3n) is 5.93. The third-order valence-corrected chi connectivity index (χ3v) is 5.93. The molecule has 0 bridgehead atoms. The van der Waals surface area contributed by atoms with Gasteiger partial charge >= 0.3 is 0 Å². The van der Waals surface area contributed by atoms with Crippen molar-refractivity contribution in [2.75, 3.05) is 6.61 Å². The highest BCUT2D eigenvalue weighted by molar-refractivity contribution is 5.87. The molecule has 152 valence electrons. The number of hydrogen-bond acceptors (Lipinski definition) is 3. The summed E-state index contributed by atoms with van der Waals surface area (Å²) in [6.07, 6.45) is 14.5. The van der Waals surface area contributed by atoms with Crippen LogP contribution in [0.2, 0.25) is 0 Å². The maximum Gasteiger partial charge on any atom is 0.143 e. The Morgan fingerprint density at radius 3 is 2.46 bits per heavy atom. The summed E-state index contributed by atoms with van der Waals surface area (Å²) in [5, 5.41) is 11.3. The molecule has 0 heterocycles. The largest absolute Gasteiger partial charge is 0.493 e. The fourth-order valence-electron chi connectivity index (χ4n) is 4.48. The maximum absolute atomic E-state index is 13.1. The van der Waals surface area contributed by atoms with Crippen LogP contribution in [0.25, 0.3) is 0 Å². The predicted molar refractivity (Wildman–Crippen MR) is 114 cm³/mol. The summed E-state index contributed by atoms with van der Waals surface area (Å²) >= 11 is 0. The van der Waals surface area contributed by atoms with Gasteiger partial charge in [0.05, 0.1) is 18.1 Å².